The van der Waals surface area contributed by atoms with Gasteiger partial charge < -0.3 is 20.4 Å². The first-order valence-electron chi connectivity index (χ1n) is 10.3. The Kier molecular flexibility index (Phi) is 7.12. The number of rotatable bonds is 6. The van der Waals surface area contributed by atoms with Crippen molar-refractivity contribution >= 4 is 23.8 Å². The first-order valence-corrected chi connectivity index (χ1v) is 10.3. The van der Waals surface area contributed by atoms with Gasteiger partial charge in [-0.1, -0.05) is 36.4 Å². The van der Waals surface area contributed by atoms with Crippen LogP contribution >= 0.6 is 0 Å². The van der Waals surface area contributed by atoms with Crippen molar-refractivity contribution in [3.8, 4) is 11.1 Å². The van der Waals surface area contributed by atoms with Gasteiger partial charge in [0.2, 0.25) is 0 Å². The van der Waals surface area contributed by atoms with Gasteiger partial charge in [-0.05, 0) is 48.1 Å². The highest BCUT2D eigenvalue weighted by atomic mass is 16.4. The minimum absolute atomic E-state index is 0.0490. The van der Waals surface area contributed by atoms with Gasteiger partial charge in [-0.2, -0.15) is 0 Å². The summed E-state index contributed by atoms with van der Waals surface area (Å²) in [4.78, 5) is 37.3. The summed E-state index contributed by atoms with van der Waals surface area (Å²) in [5.41, 5.74) is 3.65. The number of carbonyl (C=O) groups excluding carboxylic acids is 1. The van der Waals surface area contributed by atoms with Gasteiger partial charge in [-0.3, -0.25) is 9.69 Å². The maximum absolute atomic E-state index is 12.7. The van der Waals surface area contributed by atoms with E-state index in [9.17, 15) is 14.4 Å². The molecule has 0 atom stereocenters. The van der Waals surface area contributed by atoms with Crippen molar-refractivity contribution in [3.05, 3.63) is 54.1 Å². The van der Waals surface area contributed by atoms with Crippen LogP contribution in [-0.4, -0.2) is 59.4 Å². The monoisotopic (exact) mass is 425 g/mol. The first-order chi connectivity index (χ1) is 14.8. The Hall–Kier alpha value is -3.55. The van der Waals surface area contributed by atoms with Crippen LogP contribution in [0.4, 0.5) is 15.3 Å². The van der Waals surface area contributed by atoms with Crippen LogP contribution < -0.4 is 10.2 Å². The molecule has 1 aliphatic rings. The number of aryl methyl sites for hydroxylation is 1. The smallest absolute Gasteiger partial charge is 0.407 e. The predicted octanol–water partition coefficient (Wildman–Crippen LogP) is 3.66. The van der Waals surface area contributed by atoms with E-state index in [0.717, 1.165) is 22.4 Å². The fraction of sp³-hybridized carbons (Fsp3) is 0.348. The molecule has 0 unspecified atom stereocenters. The molecule has 2 aromatic carbocycles. The number of carboxylic acid groups (broad SMARTS) is 2. The number of carbonyl (C=O) groups is 3. The number of nitrogens with zero attached hydrogens (tertiary/aromatic N) is 2. The molecule has 0 saturated carbocycles. The van der Waals surface area contributed by atoms with Crippen LogP contribution in [0.25, 0.3) is 11.1 Å². The van der Waals surface area contributed by atoms with Crippen molar-refractivity contribution in [2.45, 2.75) is 31.7 Å². The SMILES string of the molecule is CN(C(=O)NC1CCN(C(=O)O)CC1)c1cccc(-c2ccc(CCC(=O)O)cc2)c1. The van der Waals surface area contributed by atoms with Crippen molar-refractivity contribution in [2.75, 3.05) is 25.0 Å². The van der Waals surface area contributed by atoms with Crippen LogP contribution in [0, 0.1) is 0 Å². The fourth-order valence-corrected chi connectivity index (χ4v) is 3.61. The van der Waals surface area contributed by atoms with Crippen molar-refractivity contribution in [1.82, 2.24) is 10.2 Å². The van der Waals surface area contributed by atoms with Crippen LogP contribution in [0.2, 0.25) is 0 Å². The topological polar surface area (TPSA) is 110 Å². The zero-order valence-corrected chi connectivity index (χ0v) is 17.5. The average molecular weight is 425 g/mol. The number of nitrogens with one attached hydrogen (secondary N) is 1. The van der Waals surface area contributed by atoms with Gasteiger partial charge >= 0.3 is 18.1 Å². The lowest BCUT2D eigenvalue weighted by atomic mass is 10.0. The number of carboxylic acids is 1. The quantitative estimate of drug-likeness (QED) is 0.654. The molecule has 2 aromatic rings. The third-order valence-corrected chi connectivity index (χ3v) is 5.55. The number of benzene rings is 2. The molecule has 0 spiro atoms. The Balaban J connectivity index is 1.62. The molecule has 3 amide bonds. The number of aliphatic carboxylic acids is 1. The third-order valence-electron chi connectivity index (χ3n) is 5.55. The largest absolute Gasteiger partial charge is 0.481 e. The molecule has 1 fully saturated rings. The number of likely N-dealkylation sites (tertiary alicyclic amines) is 1. The number of hydrogen-bond donors (Lipinski definition) is 3. The molecule has 1 heterocycles. The third kappa shape index (κ3) is 5.97. The van der Waals surface area contributed by atoms with E-state index < -0.39 is 12.1 Å². The summed E-state index contributed by atoms with van der Waals surface area (Å²) in [6.07, 6.45) is 0.863. The summed E-state index contributed by atoms with van der Waals surface area (Å²) >= 11 is 0. The highest BCUT2D eigenvalue weighted by Crippen LogP contribution is 2.25. The molecular formula is C23H27N3O5. The molecule has 0 bridgehead atoms. The molecule has 3 rings (SSSR count). The first kappa shape index (κ1) is 22.1. The highest BCUT2D eigenvalue weighted by Gasteiger charge is 2.24. The minimum Gasteiger partial charge on any atom is -0.481 e. The highest BCUT2D eigenvalue weighted by molar-refractivity contribution is 5.92. The van der Waals surface area contributed by atoms with E-state index in [0.29, 0.717) is 32.4 Å². The molecule has 31 heavy (non-hydrogen) atoms. The number of piperidine rings is 1. The predicted molar refractivity (Wildman–Crippen MR) is 117 cm³/mol. The van der Waals surface area contributed by atoms with Gasteiger partial charge in [0.25, 0.3) is 0 Å². The van der Waals surface area contributed by atoms with E-state index in [1.54, 1.807) is 11.9 Å². The Labute approximate surface area is 181 Å². The van der Waals surface area contributed by atoms with E-state index in [-0.39, 0.29) is 18.5 Å². The second kappa shape index (κ2) is 9.97. The molecule has 0 aliphatic carbocycles. The fourth-order valence-electron chi connectivity index (χ4n) is 3.61. The molecule has 8 nitrogen and oxygen atoms in total. The maximum atomic E-state index is 12.7. The van der Waals surface area contributed by atoms with Gasteiger partial charge in [0.05, 0.1) is 0 Å². The molecule has 0 aromatic heterocycles. The van der Waals surface area contributed by atoms with Crippen LogP contribution in [0.5, 0.6) is 0 Å². The maximum Gasteiger partial charge on any atom is 0.407 e. The Morgan fingerprint density at radius 2 is 1.71 bits per heavy atom. The molecule has 1 aliphatic heterocycles. The molecule has 8 heteroatoms. The van der Waals surface area contributed by atoms with Crippen molar-refractivity contribution in [3.63, 3.8) is 0 Å². The average Bonchev–Trinajstić information content (AvgIpc) is 2.78. The number of amides is 3. The zero-order valence-electron chi connectivity index (χ0n) is 17.5. The van der Waals surface area contributed by atoms with Crippen molar-refractivity contribution in [2.24, 2.45) is 0 Å². The Morgan fingerprint density at radius 3 is 2.32 bits per heavy atom. The standard InChI is InChI=1S/C23H27N3O5/c1-25(22(29)24-19-11-13-26(14-12-19)23(30)31)20-4-2-3-18(15-20)17-8-5-16(6-9-17)7-10-21(27)28/h2-6,8-9,15,19H,7,10-14H2,1H3,(H,24,29)(H,27,28)(H,30,31). The van der Waals surface area contributed by atoms with Crippen molar-refractivity contribution < 1.29 is 24.6 Å². The lowest BCUT2D eigenvalue weighted by Gasteiger charge is -2.31. The van der Waals surface area contributed by atoms with E-state index in [2.05, 4.69) is 5.32 Å². The van der Waals surface area contributed by atoms with E-state index in [1.165, 1.54) is 4.90 Å². The van der Waals surface area contributed by atoms with Gasteiger partial charge in [0, 0.05) is 38.3 Å². The molecule has 1 saturated heterocycles. The summed E-state index contributed by atoms with van der Waals surface area (Å²) in [5.74, 6) is -0.814. The molecule has 0 radical (unpaired) electrons. The van der Waals surface area contributed by atoms with Crippen LogP contribution in [0.3, 0.4) is 0 Å². The van der Waals surface area contributed by atoms with Gasteiger partial charge in [-0.15, -0.1) is 0 Å². The van der Waals surface area contributed by atoms with Crippen LogP contribution in [0.15, 0.2) is 48.5 Å². The van der Waals surface area contributed by atoms with E-state index in [1.807, 2.05) is 48.5 Å². The number of hydrogen-bond acceptors (Lipinski definition) is 3. The van der Waals surface area contributed by atoms with Crippen molar-refractivity contribution in [1.29, 1.82) is 0 Å². The summed E-state index contributed by atoms with van der Waals surface area (Å²) < 4.78 is 0. The van der Waals surface area contributed by atoms with Crippen LogP contribution in [0.1, 0.15) is 24.8 Å². The van der Waals surface area contributed by atoms with Crippen LogP contribution in [-0.2, 0) is 11.2 Å². The summed E-state index contributed by atoms with van der Waals surface area (Å²) in [5, 5.41) is 20.8. The lowest BCUT2D eigenvalue weighted by molar-refractivity contribution is -0.136. The number of anilines is 1. The summed E-state index contributed by atoms with van der Waals surface area (Å²) in [7, 11) is 1.70. The second-order valence-electron chi connectivity index (χ2n) is 7.69. The van der Waals surface area contributed by atoms with Gasteiger partial charge in [0.15, 0.2) is 0 Å². The summed E-state index contributed by atoms with van der Waals surface area (Å²) in [6, 6.07) is 15.1. The lowest BCUT2D eigenvalue weighted by Crippen LogP contribution is -2.49. The minimum atomic E-state index is -0.923. The second-order valence-corrected chi connectivity index (χ2v) is 7.69. The summed E-state index contributed by atoms with van der Waals surface area (Å²) in [6.45, 7) is 0.837. The number of urea groups is 1. The zero-order chi connectivity index (χ0) is 22.4. The van der Waals surface area contributed by atoms with Gasteiger partial charge in [-0.25, -0.2) is 9.59 Å². The Bertz CT molecular complexity index is 936. The normalized spacial score (nSPS) is 14.2. The van der Waals surface area contributed by atoms with E-state index >= 15 is 0 Å². The molecule has 3 N–H and O–H groups in total. The molecule has 164 valence electrons. The molecular weight excluding hydrogens is 398 g/mol. The Morgan fingerprint density at radius 1 is 1.03 bits per heavy atom. The van der Waals surface area contributed by atoms with E-state index in [4.69, 9.17) is 10.2 Å². The van der Waals surface area contributed by atoms with Gasteiger partial charge in [0.1, 0.15) is 0 Å².